The Labute approximate surface area is 169 Å². The van der Waals surface area contributed by atoms with Gasteiger partial charge in [0.15, 0.2) is 0 Å². The quantitative estimate of drug-likeness (QED) is 0.657. The van der Waals surface area contributed by atoms with Crippen LogP contribution in [0.4, 0.5) is 11.4 Å². The molecule has 0 atom stereocenters. The number of hydrogen-bond acceptors (Lipinski definition) is 4. The summed E-state index contributed by atoms with van der Waals surface area (Å²) >= 11 is 0. The molecule has 1 saturated carbocycles. The molecular formula is C23H24N4O2. The van der Waals surface area contributed by atoms with E-state index in [1.54, 1.807) is 24.3 Å². The van der Waals surface area contributed by atoms with E-state index in [4.69, 9.17) is 4.98 Å². The van der Waals surface area contributed by atoms with E-state index >= 15 is 0 Å². The average molecular weight is 388 g/mol. The van der Waals surface area contributed by atoms with Crippen LogP contribution in [0.2, 0.25) is 0 Å². The number of anilines is 2. The molecule has 0 unspecified atom stereocenters. The van der Waals surface area contributed by atoms with Crippen molar-refractivity contribution in [3.8, 4) is 0 Å². The van der Waals surface area contributed by atoms with Crippen molar-refractivity contribution in [1.29, 1.82) is 0 Å². The fraction of sp³-hybridized carbons (Fsp3) is 0.304. The highest BCUT2D eigenvalue weighted by Crippen LogP contribution is 2.30. The predicted octanol–water partition coefficient (Wildman–Crippen LogP) is 4.36. The first-order chi connectivity index (χ1) is 14.1. The van der Waals surface area contributed by atoms with Gasteiger partial charge >= 0.3 is 0 Å². The van der Waals surface area contributed by atoms with E-state index in [1.165, 1.54) is 0 Å². The van der Waals surface area contributed by atoms with Crippen molar-refractivity contribution < 1.29 is 9.59 Å². The van der Waals surface area contributed by atoms with Crippen LogP contribution in [0.3, 0.4) is 0 Å². The van der Waals surface area contributed by atoms with Gasteiger partial charge in [0.1, 0.15) is 0 Å². The van der Waals surface area contributed by atoms with Gasteiger partial charge in [0.25, 0.3) is 5.91 Å². The Balaban J connectivity index is 1.53. The second kappa shape index (κ2) is 7.99. The molecule has 0 radical (unpaired) electrons. The number of benzene rings is 2. The van der Waals surface area contributed by atoms with Crippen molar-refractivity contribution in [2.24, 2.45) is 5.92 Å². The summed E-state index contributed by atoms with van der Waals surface area (Å²) in [4.78, 5) is 34.0. The van der Waals surface area contributed by atoms with Crippen LogP contribution in [-0.4, -0.2) is 21.8 Å². The maximum atomic E-state index is 12.7. The van der Waals surface area contributed by atoms with Gasteiger partial charge in [-0.1, -0.05) is 19.9 Å². The second-order valence-electron chi connectivity index (χ2n) is 7.33. The van der Waals surface area contributed by atoms with Crippen LogP contribution in [0, 0.1) is 5.92 Å². The van der Waals surface area contributed by atoms with Gasteiger partial charge in [-0.25, -0.2) is 9.97 Å². The molecule has 148 valence electrons. The van der Waals surface area contributed by atoms with Crippen molar-refractivity contribution in [3.05, 3.63) is 59.4 Å². The molecule has 1 aliphatic rings. The smallest absolute Gasteiger partial charge is 0.255 e. The zero-order valence-corrected chi connectivity index (χ0v) is 16.7. The normalized spacial score (nSPS) is 13.3. The largest absolute Gasteiger partial charge is 0.326 e. The molecule has 1 aromatic heterocycles. The molecule has 6 nitrogen and oxygen atoms in total. The van der Waals surface area contributed by atoms with E-state index in [9.17, 15) is 9.59 Å². The third-order valence-electron chi connectivity index (χ3n) is 5.09. The van der Waals surface area contributed by atoms with Crippen LogP contribution in [0.25, 0.3) is 11.0 Å². The van der Waals surface area contributed by atoms with Crippen molar-refractivity contribution in [1.82, 2.24) is 9.97 Å². The Morgan fingerprint density at radius 1 is 0.897 bits per heavy atom. The highest BCUT2D eigenvalue weighted by molar-refractivity contribution is 6.06. The van der Waals surface area contributed by atoms with Gasteiger partial charge in [0.2, 0.25) is 5.91 Å². The van der Waals surface area contributed by atoms with Gasteiger partial charge in [0.05, 0.1) is 22.4 Å². The third-order valence-corrected chi connectivity index (χ3v) is 5.09. The molecule has 0 saturated heterocycles. The number of carbonyl (C=O) groups excluding carboxylic acids is 2. The summed E-state index contributed by atoms with van der Waals surface area (Å²) in [5, 5.41) is 5.79. The zero-order chi connectivity index (χ0) is 20.4. The zero-order valence-electron chi connectivity index (χ0n) is 16.7. The molecule has 1 aliphatic carbocycles. The summed E-state index contributed by atoms with van der Waals surface area (Å²) in [6.07, 6.45) is 3.54. The minimum Gasteiger partial charge on any atom is -0.326 e. The number of aryl methyl sites for hydroxylation is 2. The number of nitrogens with zero attached hydrogens (tertiary/aromatic N) is 2. The highest BCUT2D eigenvalue weighted by Gasteiger charge is 2.29. The van der Waals surface area contributed by atoms with Gasteiger partial charge in [-0.3, -0.25) is 9.59 Å². The monoisotopic (exact) mass is 388 g/mol. The van der Waals surface area contributed by atoms with E-state index < -0.39 is 0 Å². The number of aromatic nitrogens is 2. The van der Waals surface area contributed by atoms with Gasteiger partial charge < -0.3 is 10.6 Å². The fourth-order valence-electron chi connectivity index (χ4n) is 3.30. The minimum atomic E-state index is -0.225. The van der Waals surface area contributed by atoms with Crippen molar-refractivity contribution in [2.45, 2.75) is 39.5 Å². The Morgan fingerprint density at radius 2 is 1.55 bits per heavy atom. The van der Waals surface area contributed by atoms with Gasteiger partial charge in [-0.05, 0) is 62.1 Å². The summed E-state index contributed by atoms with van der Waals surface area (Å²) in [7, 11) is 0. The third kappa shape index (κ3) is 4.26. The SMILES string of the molecule is CCc1nc2ccc(C(=O)Nc3cccc(NC(=O)C4CC4)c3)cc2nc1CC. The Kier molecular flexibility index (Phi) is 5.25. The number of hydrogen-bond donors (Lipinski definition) is 2. The Hall–Kier alpha value is -3.28. The first-order valence-electron chi connectivity index (χ1n) is 10.1. The number of amides is 2. The summed E-state index contributed by atoms with van der Waals surface area (Å²) in [5.41, 5.74) is 5.32. The van der Waals surface area contributed by atoms with Crippen LogP contribution in [-0.2, 0) is 17.6 Å². The summed E-state index contributed by atoms with van der Waals surface area (Å²) < 4.78 is 0. The molecule has 2 aromatic carbocycles. The van der Waals surface area contributed by atoms with Crippen LogP contribution < -0.4 is 10.6 Å². The van der Waals surface area contributed by atoms with E-state index in [-0.39, 0.29) is 17.7 Å². The van der Waals surface area contributed by atoms with Crippen molar-refractivity contribution in [3.63, 3.8) is 0 Å². The lowest BCUT2D eigenvalue weighted by Gasteiger charge is -2.10. The fourth-order valence-corrected chi connectivity index (χ4v) is 3.30. The van der Waals surface area contributed by atoms with Gasteiger partial charge in [-0.15, -0.1) is 0 Å². The minimum absolute atomic E-state index is 0.0414. The van der Waals surface area contributed by atoms with Crippen LogP contribution in [0.5, 0.6) is 0 Å². The first-order valence-corrected chi connectivity index (χ1v) is 10.1. The molecule has 6 heteroatoms. The molecule has 3 aromatic rings. The maximum absolute atomic E-state index is 12.7. The lowest BCUT2D eigenvalue weighted by atomic mass is 10.1. The molecular weight excluding hydrogens is 364 g/mol. The average Bonchev–Trinajstić information content (AvgIpc) is 3.58. The Bertz CT molecular complexity index is 1090. The molecule has 0 bridgehead atoms. The molecule has 4 rings (SSSR count). The van der Waals surface area contributed by atoms with E-state index in [0.29, 0.717) is 16.9 Å². The van der Waals surface area contributed by atoms with E-state index in [1.807, 2.05) is 18.2 Å². The topological polar surface area (TPSA) is 84.0 Å². The maximum Gasteiger partial charge on any atom is 0.255 e. The van der Waals surface area contributed by atoms with Crippen LogP contribution in [0.1, 0.15) is 48.4 Å². The van der Waals surface area contributed by atoms with Crippen molar-refractivity contribution >= 4 is 34.2 Å². The van der Waals surface area contributed by atoms with E-state index in [2.05, 4.69) is 29.5 Å². The molecule has 0 aliphatic heterocycles. The summed E-state index contributed by atoms with van der Waals surface area (Å²) in [6.45, 7) is 4.12. The molecule has 29 heavy (non-hydrogen) atoms. The van der Waals surface area contributed by atoms with Crippen LogP contribution in [0.15, 0.2) is 42.5 Å². The summed E-state index contributed by atoms with van der Waals surface area (Å²) in [6, 6.07) is 12.6. The Morgan fingerprint density at radius 3 is 2.21 bits per heavy atom. The molecule has 1 heterocycles. The number of fused-ring (bicyclic) bond motifs is 1. The summed E-state index contributed by atoms with van der Waals surface area (Å²) in [5.74, 6) is -0.0510. The predicted molar refractivity (Wildman–Crippen MR) is 114 cm³/mol. The molecule has 2 N–H and O–H groups in total. The van der Waals surface area contributed by atoms with Gasteiger partial charge in [0, 0.05) is 22.9 Å². The number of rotatable bonds is 6. The standard InChI is InChI=1S/C23H24N4O2/c1-3-18-19(4-2)27-21-12-15(10-11-20(21)26-18)23(29)25-17-7-5-6-16(13-17)24-22(28)14-8-9-14/h5-7,10-14H,3-4,8-9H2,1-2H3,(H,24,28)(H,25,29). The first kappa shape index (κ1) is 19.1. The van der Waals surface area contributed by atoms with E-state index in [0.717, 1.165) is 48.1 Å². The molecule has 2 amide bonds. The second-order valence-corrected chi connectivity index (χ2v) is 7.33. The highest BCUT2D eigenvalue weighted by atomic mass is 16.2. The lowest BCUT2D eigenvalue weighted by molar-refractivity contribution is -0.117. The van der Waals surface area contributed by atoms with Crippen LogP contribution >= 0.6 is 0 Å². The lowest BCUT2D eigenvalue weighted by Crippen LogP contribution is -2.15. The molecule has 1 fully saturated rings. The number of nitrogens with one attached hydrogen (secondary N) is 2. The van der Waals surface area contributed by atoms with Crippen molar-refractivity contribution in [2.75, 3.05) is 10.6 Å². The molecule has 0 spiro atoms. The number of carbonyl (C=O) groups is 2. The van der Waals surface area contributed by atoms with Gasteiger partial charge in [-0.2, -0.15) is 0 Å².